The molecule has 10 heteroatoms. The van der Waals surface area contributed by atoms with Gasteiger partial charge in [0.15, 0.2) is 11.5 Å². The number of nitrogens with zero attached hydrogens (tertiary/aromatic N) is 6. The van der Waals surface area contributed by atoms with Crippen LogP contribution in [0.3, 0.4) is 0 Å². The molecule has 0 atom stereocenters. The number of aryl methyl sites for hydroxylation is 1. The van der Waals surface area contributed by atoms with Gasteiger partial charge in [-0.05, 0) is 80.9 Å². The molecule has 2 aromatic heterocycles. The third kappa shape index (κ3) is 5.64. The minimum absolute atomic E-state index is 0.154. The van der Waals surface area contributed by atoms with Crippen molar-refractivity contribution in [2.45, 2.75) is 25.8 Å². The number of likely N-dealkylation sites (N-methyl/N-ethyl adjacent to an activating group) is 2. The van der Waals surface area contributed by atoms with Crippen LogP contribution in [0.2, 0.25) is 0 Å². The predicted octanol–water partition coefficient (Wildman–Crippen LogP) is 4.87. The van der Waals surface area contributed by atoms with E-state index in [0.717, 1.165) is 12.1 Å². The number of benzene rings is 3. The van der Waals surface area contributed by atoms with E-state index in [1.165, 1.54) is 28.3 Å². The largest absolute Gasteiger partial charge is 0.457 e. The zero-order chi connectivity index (χ0) is 30.1. The highest BCUT2D eigenvalue weighted by atomic mass is 16.5. The number of nitrogens with two attached hydrogens (primary N) is 1. The Kier molecular flexibility index (Phi) is 7.52. The van der Waals surface area contributed by atoms with Crippen molar-refractivity contribution in [2.75, 3.05) is 31.3 Å². The van der Waals surface area contributed by atoms with Crippen molar-refractivity contribution in [1.29, 1.82) is 0 Å². The average Bonchev–Trinajstić information content (AvgIpc) is 3.82. The fourth-order valence-electron chi connectivity index (χ4n) is 5.06. The second-order valence-corrected chi connectivity index (χ2v) is 10.7. The second kappa shape index (κ2) is 11.6. The van der Waals surface area contributed by atoms with Crippen LogP contribution in [0, 0.1) is 6.92 Å². The van der Waals surface area contributed by atoms with Crippen molar-refractivity contribution in [3.8, 4) is 22.9 Å². The van der Waals surface area contributed by atoms with Gasteiger partial charge in [0.25, 0.3) is 0 Å². The minimum Gasteiger partial charge on any atom is -0.457 e. The van der Waals surface area contributed by atoms with Gasteiger partial charge in [0.05, 0.1) is 11.4 Å². The van der Waals surface area contributed by atoms with Gasteiger partial charge in [0.2, 0.25) is 5.91 Å². The summed E-state index contributed by atoms with van der Waals surface area (Å²) < 4.78 is 8.93. The van der Waals surface area contributed by atoms with Gasteiger partial charge in [-0.25, -0.2) is 19.3 Å². The molecule has 0 spiro atoms. The highest BCUT2D eigenvalue weighted by Gasteiger charge is 2.25. The Labute approximate surface area is 249 Å². The molecule has 218 valence electrons. The van der Waals surface area contributed by atoms with Crippen molar-refractivity contribution in [3.63, 3.8) is 0 Å². The van der Waals surface area contributed by atoms with Crippen molar-refractivity contribution in [3.05, 3.63) is 107 Å². The van der Waals surface area contributed by atoms with Crippen LogP contribution < -0.4 is 21.1 Å². The molecule has 6 rings (SSSR count). The van der Waals surface area contributed by atoms with Gasteiger partial charge in [0.1, 0.15) is 23.3 Å². The fraction of sp³-hybridized carbons (Fsp3) is 0.212. The number of aromatic nitrogens is 4. The first-order valence-corrected chi connectivity index (χ1v) is 14.1. The van der Waals surface area contributed by atoms with Crippen LogP contribution in [-0.2, 0) is 4.79 Å². The highest BCUT2D eigenvalue weighted by molar-refractivity contribution is 6.01. The number of hydrogen-bond acceptors (Lipinski definition) is 7. The number of carbonyl (C=O) groups excluding carboxylic acids is 1. The molecule has 0 bridgehead atoms. The lowest BCUT2D eigenvalue weighted by atomic mass is 10.1. The van der Waals surface area contributed by atoms with E-state index in [4.69, 9.17) is 10.5 Å². The fourth-order valence-corrected chi connectivity index (χ4v) is 5.06. The molecule has 1 aliphatic rings. The first-order valence-electron chi connectivity index (χ1n) is 14.1. The van der Waals surface area contributed by atoms with E-state index in [9.17, 15) is 9.59 Å². The van der Waals surface area contributed by atoms with Crippen LogP contribution in [-0.4, -0.2) is 56.6 Å². The standard InChI is InChI=1S/C33H33N7O3/c1-22-11-12-25(38(3)29(41)10-7-19-37(2)23-13-14-23)20-28(22)40-32-30(31(34)35-21-36-32)39(33(40)42)24-15-17-27(18-16-24)43-26-8-5-4-6-9-26/h4-12,15-18,20-21,23H,13-14,19H2,1-3H3,(H2,34,35,36). The van der Waals surface area contributed by atoms with E-state index in [1.807, 2.05) is 61.5 Å². The van der Waals surface area contributed by atoms with E-state index in [0.29, 0.717) is 45.8 Å². The monoisotopic (exact) mass is 575 g/mol. The normalized spacial score (nSPS) is 13.2. The van der Waals surface area contributed by atoms with Crippen LogP contribution in [0.4, 0.5) is 11.5 Å². The summed E-state index contributed by atoms with van der Waals surface area (Å²) in [6.07, 6.45) is 7.25. The van der Waals surface area contributed by atoms with Crippen LogP contribution in [0.5, 0.6) is 11.5 Å². The van der Waals surface area contributed by atoms with Crippen LogP contribution in [0.1, 0.15) is 18.4 Å². The Hall–Kier alpha value is -5.22. The average molecular weight is 576 g/mol. The lowest BCUT2D eigenvalue weighted by Gasteiger charge is -2.18. The molecule has 10 nitrogen and oxygen atoms in total. The Bertz CT molecular complexity index is 1870. The van der Waals surface area contributed by atoms with Crippen LogP contribution in [0.25, 0.3) is 22.5 Å². The first kappa shape index (κ1) is 27.9. The Morgan fingerprint density at radius 1 is 1.00 bits per heavy atom. The third-order valence-electron chi connectivity index (χ3n) is 7.70. The molecule has 3 aromatic carbocycles. The number of rotatable bonds is 9. The molecule has 0 radical (unpaired) electrons. The second-order valence-electron chi connectivity index (χ2n) is 10.7. The summed E-state index contributed by atoms with van der Waals surface area (Å²) in [5.41, 5.74) is 9.35. The quantitative estimate of drug-likeness (QED) is 0.250. The van der Waals surface area contributed by atoms with Crippen molar-refractivity contribution in [2.24, 2.45) is 0 Å². The number of amides is 1. The van der Waals surface area contributed by atoms with E-state index in [-0.39, 0.29) is 17.4 Å². The maximum absolute atomic E-state index is 14.1. The van der Waals surface area contributed by atoms with Gasteiger partial charge in [-0.3, -0.25) is 14.3 Å². The third-order valence-corrected chi connectivity index (χ3v) is 7.70. The zero-order valence-electron chi connectivity index (χ0n) is 24.3. The van der Waals surface area contributed by atoms with Crippen LogP contribution >= 0.6 is 0 Å². The summed E-state index contributed by atoms with van der Waals surface area (Å²) >= 11 is 0. The molecule has 5 aromatic rings. The Morgan fingerprint density at radius 2 is 1.72 bits per heavy atom. The molecular weight excluding hydrogens is 542 g/mol. The molecular formula is C33H33N7O3. The number of fused-ring (bicyclic) bond motifs is 1. The molecule has 1 aliphatic carbocycles. The number of para-hydroxylation sites is 1. The lowest BCUT2D eigenvalue weighted by molar-refractivity contribution is -0.113. The van der Waals surface area contributed by atoms with E-state index in [2.05, 4.69) is 21.9 Å². The number of anilines is 2. The molecule has 2 heterocycles. The van der Waals surface area contributed by atoms with Gasteiger partial charge < -0.3 is 15.4 Å². The van der Waals surface area contributed by atoms with Gasteiger partial charge in [0, 0.05) is 31.4 Å². The number of ether oxygens (including phenoxy) is 1. The summed E-state index contributed by atoms with van der Waals surface area (Å²) in [6, 6.07) is 22.8. The first-order chi connectivity index (χ1) is 20.8. The van der Waals surface area contributed by atoms with E-state index in [1.54, 1.807) is 42.3 Å². The maximum Gasteiger partial charge on any atom is 0.339 e. The van der Waals surface area contributed by atoms with Gasteiger partial charge >= 0.3 is 5.69 Å². The molecule has 1 fully saturated rings. The van der Waals surface area contributed by atoms with Gasteiger partial charge in [-0.15, -0.1) is 0 Å². The number of nitrogen functional groups attached to an aromatic ring is 1. The SMILES string of the molecule is Cc1ccc(N(C)C(=O)C=CCN(C)C2CC2)cc1-n1c(=O)n(-c2ccc(Oc3ccccc3)cc2)c2c(N)ncnc21. The van der Waals surface area contributed by atoms with Crippen LogP contribution in [0.15, 0.2) is 96.1 Å². The summed E-state index contributed by atoms with van der Waals surface area (Å²) in [4.78, 5) is 39.6. The smallest absolute Gasteiger partial charge is 0.339 e. The zero-order valence-corrected chi connectivity index (χ0v) is 24.3. The lowest BCUT2D eigenvalue weighted by Crippen LogP contribution is -2.26. The molecule has 0 saturated heterocycles. The summed E-state index contributed by atoms with van der Waals surface area (Å²) in [7, 11) is 3.79. The molecule has 2 N–H and O–H groups in total. The van der Waals surface area contributed by atoms with E-state index >= 15 is 0 Å². The molecule has 0 unspecified atom stereocenters. The Balaban J connectivity index is 1.36. The minimum atomic E-state index is -0.365. The maximum atomic E-state index is 14.1. The van der Waals surface area contributed by atoms with Crippen molar-refractivity contribution >= 4 is 28.6 Å². The topological polar surface area (TPSA) is 112 Å². The summed E-state index contributed by atoms with van der Waals surface area (Å²) in [5, 5.41) is 0. The number of hydrogen-bond donors (Lipinski definition) is 1. The molecule has 0 aliphatic heterocycles. The Morgan fingerprint density at radius 3 is 2.44 bits per heavy atom. The molecule has 43 heavy (non-hydrogen) atoms. The van der Waals surface area contributed by atoms with Crippen molar-refractivity contribution < 1.29 is 9.53 Å². The number of imidazole rings is 1. The molecule has 1 amide bonds. The summed E-state index contributed by atoms with van der Waals surface area (Å²) in [6.45, 7) is 2.63. The van der Waals surface area contributed by atoms with Crippen molar-refractivity contribution in [1.82, 2.24) is 24.0 Å². The number of carbonyl (C=O) groups is 1. The van der Waals surface area contributed by atoms with Gasteiger partial charge in [-0.2, -0.15) is 0 Å². The summed E-state index contributed by atoms with van der Waals surface area (Å²) in [5.74, 6) is 1.35. The molecule has 1 saturated carbocycles. The predicted molar refractivity (Wildman–Crippen MR) is 168 cm³/mol. The highest BCUT2D eigenvalue weighted by Crippen LogP contribution is 2.29. The van der Waals surface area contributed by atoms with Gasteiger partial charge in [-0.1, -0.05) is 30.3 Å². The van der Waals surface area contributed by atoms with E-state index < -0.39 is 0 Å².